The van der Waals surface area contributed by atoms with E-state index in [9.17, 15) is 0 Å². The molecule has 0 spiro atoms. The van der Waals surface area contributed by atoms with Gasteiger partial charge in [-0.2, -0.15) is 0 Å². The molecule has 0 aromatic heterocycles. The van der Waals surface area contributed by atoms with E-state index in [-0.39, 0.29) is 24.0 Å². The number of halogens is 1. The summed E-state index contributed by atoms with van der Waals surface area (Å²) >= 11 is 0. The Balaban J connectivity index is 0.00000361. The van der Waals surface area contributed by atoms with Gasteiger partial charge in [0, 0.05) is 7.26 Å². The average molecular weight is 408 g/mol. The molecule has 0 aliphatic rings. The summed E-state index contributed by atoms with van der Waals surface area (Å²) in [5.41, 5.74) is 0. The fourth-order valence-corrected chi connectivity index (χ4v) is 6.35. The number of hydrogen-bond donors (Lipinski definition) is 0. The lowest BCUT2D eigenvalue weighted by molar-refractivity contribution is -0.00000522. The van der Waals surface area contributed by atoms with E-state index >= 15 is 0 Å². The Hall–Kier alpha value is 0.180. The van der Waals surface area contributed by atoms with Crippen molar-refractivity contribution < 1.29 is 28.7 Å². The first-order valence-corrected chi connectivity index (χ1v) is 9.54. The van der Waals surface area contributed by atoms with E-state index in [0.29, 0.717) is 10.3 Å². The lowest BCUT2D eigenvalue weighted by Gasteiger charge is -2.44. The molecular weight excluding hydrogens is 378 g/mol. The number of rotatable bonds is 4. The SMILES string of the molecule is CC(C)(C)[P+](C)(CCOc1ccccc1)C(C)(C)C.[I-]. The summed E-state index contributed by atoms with van der Waals surface area (Å²) in [7, 11) is -1.10. The molecule has 0 saturated heterocycles. The molecule has 0 heterocycles. The smallest absolute Gasteiger partial charge is 0.122 e. The van der Waals surface area contributed by atoms with Gasteiger partial charge in [-0.15, -0.1) is 0 Å². The number of benzene rings is 1. The van der Waals surface area contributed by atoms with Crippen molar-refractivity contribution in [1.82, 2.24) is 0 Å². The topological polar surface area (TPSA) is 9.23 Å². The molecule has 3 heteroatoms. The van der Waals surface area contributed by atoms with Crippen LogP contribution in [0.3, 0.4) is 0 Å². The molecule has 0 aliphatic carbocycles. The predicted octanol–water partition coefficient (Wildman–Crippen LogP) is 2.31. The predicted molar refractivity (Wildman–Crippen MR) is 89.2 cm³/mol. The first kappa shape index (κ1) is 20.2. The Labute approximate surface area is 143 Å². The van der Waals surface area contributed by atoms with Crippen molar-refractivity contribution in [2.45, 2.75) is 51.9 Å². The monoisotopic (exact) mass is 408 g/mol. The van der Waals surface area contributed by atoms with Crippen molar-refractivity contribution in [3.63, 3.8) is 0 Å². The lowest BCUT2D eigenvalue weighted by atomic mass is 10.2. The van der Waals surface area contributed by atoms with Gasteiger partial charge in [-0.3, -0.25) is 0 Å². The molecule has 1 aromatic carbocycles. The maximum absolute atomic E-state index is 5.92. The Morgan fingerprint density at radius 3 is 1.75 bits per heavy atom. The zero-order valence-electron chi connectivity index (χ0n) is 14.0. The molecule has 0 unspecified atom stereocenters. The molecule has 116 valence electrons. The normalized spacial score (nSPS) is 12.8. The Morgan fingerprint density at radius 1 is 0.900 bits per heavy atom. The summed E-state index contributed by atoms with van der Waals surface area (Å²) in [5, 5.41) is 0.733. The molecule has 0 aliphatic heterocycles. The molecule has 1 nitrogen and oxygen atoms in total. The Kier molecular flexibility index (Phi) is 7.51. The third kappa shape index (κ3) is 4.87. The summed E-state index contributed by atoms with van der Waals surface area (Å²) in [5.74, 6) is 0.983. The van der Waals surface area contributed by atoms with Crippen LogP contribution >= 0.6 is 7.26 Å². The zero-order chi connectivity index (χ0) is 14.7. The second kappa shape index (κ2) is 7.45. The fourth-order valence-electron chi connectivity index (χ4n) is 2.54. The second-order valence-corrected chi connectivity index (χ2v) is 12.9. The Bertz CT molecular complexity index is 376. The molecule has 0 amide bonds. The highest BCUT2D eigenvalue weighted by Gasteiger charge is 2.53. The quantitative estimate of drug-likeness (QED) is 0.549. The lowest BCUT2D eigenvalue weighted by Crippen LogP contribution is -3.00. The standard InChI is InChI=1S/C17H30OP.HI/c1-16(2,3)19(7,17(4,5)6)14-13-18-15-11-9-8-10-12-15;/h8-12H,13-14H2,1-7H3;1H/q+1;/p-1. The van der Waals surface area contributed by atoms with E-state index in [4.69, 9.17) is 4.74 Å². The van der Waals surface area contributed by atoms with Crippen LogP contribution in [-0.2, 0) is 0 Å². The minimum Gasteiger partial charge on any atom is -1.00 e. The van der Waals surface area contributed by atoms with Gasteiger partial charge in [0.25, 0.3) is 0 Å². The van der Waals surface area contributed by atoms with E-state index in [1.807, 2.05) is 30.3 Å². The van der Waals surface area contributed by atoms with Crippen molar-refractivity contribution >= 4 is 7.26 Å². The molecule has 0 atom stereocenters. The largest absolute Gasteiger partial charge is 1.00 e. The van der Waals surface area contributed by atoms with Crippen LogP contribution in [-0.4, -0.2) is 29.7 Å². The van der Waals surface area contributed by atoms with Crippen molar-refractivity contribution in [3.05, 3.63) is 30.3 Å². The third-order valence-electron chi connectivity index (χ3n) is 4.51. The highest BCUT2D eigenvalue weighted by Crippen LogP contribution is 2.73. The summed E-state index contributed by atoms with van der Waals surface area (Å²) < 4.78 is 5.92. The fraction of sp³-hybridized carbons (Fsp3) is 0.647. The number of para-hydroxylation sites is 1. The first-order valence-electron chi connectivity index (χ1n) is 7.11. The molecular formula is C17H30IOP. The maximum Gasteiger partial charge on any atom is 0.122 e. The van der Waals surface area contributed by atoms with Gasteiger partial charge in [0.05, 0.1) is 23.1 Å². The first-order chi connectivity index (χ1) is 8.58. The van der Waals surface area contributed by atoms with E-state index < -0.39 is 7.26 Å². The zero-order valence-corrected chi connectivity index (χ0v) is 17.1. The molecule has 0 fully saturated rings. The van der Waals surface area contributed by atoms with Gasteiger partial charge in [-0.25, -0.2) is 0 Å². The summed E-state index contributed by atoms with van der Waals surface area (Å²) in [6.07, 6.45) is 1.18. The Morgan fingerprint density at radius 2 is 1.35 bits per heavy atom. The summed E-state index contributed by atoms with van der Waals surface area (Å²) in [6.45, 7) is 17.6. The molecule has 0 radical (unpaired) electrons. The van der Waals surface area contributed by atoms with Gasteiger partial charge >= 0.3 is 0 Å². The van der Waals surface area contributed by atoms with Crippen molar-refractivity contribution in [3.8, 4) is 5.75 Å². The van der Waals surface area contributed by atoms with E-state index in [1.165, 1.54) is 6.16 Å². The molecule has 20 heavy (non-hydrogen) atoms. The van der Waals surface area contributed by atoms with Gasteiger partial charge < -0.3 is 28.7 Å². The van der Waals surface area contributed by atoms with Crippen molar-refractivity contribution in [2.75, 3.05) is 19.4 Å². The molecule has 0 bridgehead atoms. The minimum absolute atomic E-state index is 0. The van der Waals surface area contributed by atoms with Crippen molar-refractivity contribution in [1.29, 1.82) is 0 Å². The number of ether oxygens (including phenoxy) is 1. The van der Waals surface area contributed by atoms with Gasteiger partial charge in [0.15, 0.2) is 0 Å². The number of hydrogen-bond acceptors (Lipinski definition) is 1. The summed E-state index contributed by atoms with van der Waals surface area (Å²) in [6, 6.07) is 10.1. The molecule has 1 aromatic rings. The maximum atomic E-state index is 5.92. The van der Waals surface area contributed by atoms with Gasteiger partial charge in [0.2, 0.25) is 0 Å². The molecule has 1 rings (SSSR count). The van der Waals surface area contributed by atoms with Crippen LogP contribution in [0.25, 0.3) is 0 Å². The minimum atomic E-state index is -1.10. The van der Waals surface area contributed by atoms with Gasteiger partial charge in [-0.1, -0.05) is 18.2 Å². The van der Waals surface area contributed by atoms with Gasteiger partial charge in [0.1, 0.15) is 12.4 Å². The van der Waals surface area contributed by atoms with Crippen LogP contribution in [0.15, 0.2) is 30.3 Å². The van der Waals surface area contributed by atoms with E-state index in [1.54, 1.807) is 0 Å². The third-order valence-corrected chi connectivity index (χ3v) is 11.5. The highest BCUT2D eigenvalue weighted by molar-refractivity contribution is 7.78. The van der Waals surface area contributed by atoms with Crippen LogP contribution in [0.5, 0.6) is 5.75 Å². The van der Waals surface area contributed by atoms with Crippen LogP contribution in [0, 0.1) is 0 Å². The second-order valence-electron chi connectivity index (χ2n) is 7.42. The molecule has 0 saturated carbocycles. The average Bonchev–Trinajstić information content (AvgIpc) is 2.27. The van der Waals surface area contributed by atoms with Crippen LogP contribution in [0.1, 0.15) is 41.5 Å². The van der Waals surface area contributed by atoms with E-state index in [2.05, 4.69) is 48.2 Å². The molecule has 0 N–H and O–H groups in total. The van der Waals surface area contributed by atoms with Crippen LogP contribution in [0.2, 0.25) is 0 Å². The highest BCUT2D eigenvalue weighted by atomic mass is 127. The summed E-state index contributed by atoms with van der Waals surface area (Å²) in [4.78, 5) is 0. The van der Waals surface area contributed by atoms with Crippen LogP contribution in [0.4, 0.5) is 0 Å². The van der Waals surface area contributed by atoms with Crippen LogP contribution < -0.4 is 28.7 Å². The van der Waals surface area contributed by atoms with Gasteiger partial charge in [-0.05, 0) is 53.7 Å². The van der Waals surface area contributed by atoms with E-state index in [0.717, 1.165) is 12.4 Å². The van der Waals surface area contributed by atoms with Crippen molar-refractivity contribution in [2.24, 2.45) is 0 Å².